The van der Waals surface area contributed by atoms with E-state index in [1.807, 2.05) is 17.0 Å². The van der Waals surface area contributed by atoms with Crippen molar-refractivity contribution in [3.63, 3.8) is 0 Å². The Bertz CT molecular complexity index is 1010. The second kappa shape index (κ2) is 9.63. The number of nitrogens with one attached hydrogen (secondary N) is 1. The molecule has 2 fully saturated rings. The number of aliphatic imine (C=N–C) groups is 1. The van der Waals surface area contributed by atoms with Crippen molar-refractivity contribution >= 4 is 50.9 Å². The number of aromatic amines is 1. The van der Waals surface area contributed by atoms with Crippen LogP contribution in [0.4, 0.5) is 5.69 Å². The number of ether oxygens (including phenoxy) is 2. The van der Waals surface area contributed by atoms with E-state index in [2.05, 4.69) is 23.0 Å². The Morgan fingerprint density at radius 1 is 1.22 bits per heavy atom. The van der Waals surface area contributed by atoms with Gasteiger partial charge in [-0.25, -0.2) is 0 Å². The Kier molecular flexibility index (Phi) is 6.64. The number of halogens is 1. The normalized spacial score (nSPS) is 22.4. The molecule has 2 saturated heterocycles. The Balaban J connectivity index is 1.35. The van der Waals surface area contributed by atoms with Crippen LogP contribution in [-0.2, 0) is 14.3 Å². The quantitative estimate of drug-likeness (QED) is 0.714. The average Bonchev–Trinajstić information content (AvgIpc) is 3.46. The van der Waals surface area contributed by atoms with Gasteiger partial charge in [0, 0.05) is 55.6 Å². The van der Waals surface area contributed by atoms with Gasteiger partial charge in [0.15, 0.2) is 0 Å². The van der Waals surface area contributed by atoms with Crippen molar-refractivity contribution in [3.05, 3.63) is 28.9 Å². The zero-order valence-electron chi connectivity index (χ0n) is 18.3. The SMILES string of the molecule is CN(c1cc(Cl)cc2cc(C3=N[C@H](CC(=O)N4CCOCC4)CS3)[nH]c12)C1CCOCC1. The molecule has 0 saturated carbocycles. The van der Waals surface area contributed by atoms with Crippen molar-refractivity contribution in [2.45, 2.75) is 31.3 Å². The third-order valence-corrected chi connectivity index (χ3v) is 7.88. The van der Waals surface area contributed by atoms with Gasteiger partial charge in [-0.3, -0.25) is 9.79 Å². The number of fused-ring (bicyclic) bond motifs is 1. The first-order valence-corrected chi connectivity index (χ1v) is 12.6. The lowest BCUT2D eigenvalue weighted by Gasteiger charge is -2.33. The zero-order valence-corrected chi connectivity index (χ0v) is 19.9. The van der Waals surface area contributed by atoms with Crippen LogP contribution in [0, 0.1) is 0 Å². The first kappa shape index (κ1) is 22.1. The molecule has 1 aromatic heterocycles. The van der Waals surface area contributed by atoms with E-state index in [1.165, 1.54) is 0 Å². The maximum absolute atomic E-state index is 12.6. The first-order chi connectivity index (χ1) is 15.6. The smallest absolute Gasteiger partial charge is 0.224 e. The summed E-state index contributed by atoms with van der Waals surface area (Å²) in [4.78, 5) is 25.3. The molecule has 5 rings (SSSR count). The summed E-state index contributed by atoms with van der Waals surface area (Å²) in [5, 5.41) is 2.78. The molecule has 32 heavy (non-hydrogen) atoms. The average molecular weight is 477 g/mol. The van der Waals surface area contributed by atoms with Gasteiger partial charge < -0.3 is 24.3 Å². The summed E-state index contributed by atoms with van der Waals surface area (Å²) in [7, 11) is 2.14. The third kappa shape index (κ3) is 4.64. The number of aromatic nitrogens is 1. The van der Waals surface area contributed by atoms with Gasteiger partial charge >= 0.3 is 0 Å². The number of H-pyrrole nitrogens is 1. The number of hydrogen-bond acceptors (Lipinski definition) is 6. The topological polar surface area (TPSA) is 70.2 Å². The monoisotopic (exact) mass is 476 g/mol. The molecule has 2 aromatic rings. The van der Waals surface area contributed by atoms with Crippen LogP contribution in [0.3, 0.4) is 0 Å². The van der Waals surface area contributed by atoms with Crippen molar-refractivity contribution in [2.24, 2.45) is 4.99 Å². The molecule has 9 heteroatoms. The molecule has 1 atom stereocenters. The van der Waals surface area contributed by atoms with E-state index in [0.717, 1.165) is 64.2 Å². The molecular formula is C23H29ClN4O3S. The third-order valence-electron chi connectivity index (χ3n) is 6.51. The molecule has 1 aromatic carbocycles. The van der Waals surface area contributed by atoms with Crippen LogP contribution in [0.1, 0.15) is 25.0 Å². The second-order valence-electron chi connectivity index (χ2n) is 8.62. The summed E-state index contributed by atoms with van der Waals surface area (Å²) in [5.74, 6) is 1.00. The molecule has 3 aliphatic rings. The number of nitrogens with zero attached hydrogens (tertiary/aromatic N) is 3. The van der Waals surface area contributed by atoms with Gasteiger partial charge in [-0.15, -0.1) is 11.8 Å². The van der Waals surface area contributed by atoms with Gasteiger partial charge in [-0.1, -0.05) is 11.6 Å². The highest BCUT2D eigenvalue weighted by Gasteiger charge is 2.27. The zero-order chi connectivity index (χ0) is 22.1. The van der Waals surface area contributed by atoms with Crippen LogP contribution < -0.4 is 4.90 Å². The lowest BCUT2D eigenvalue weighted by Crippen LogP contribution is -2.41. The standard InChI is InChI=1S/C23H29ClN4O3S/c1-27(18-2-6-30-7-3-18)20-12-16(24)10-15-11-19(26-22(15)20)23-25-17(14-32-23)13-21(29)28-4-8-31-9-5-28/h10-12,17-18,26H,2-9,13-14H2,1H3/t17-/m1/s1. The van der Waals surface area contributed by atoms with Crippen molar-refractivity contribution in [1.82, 2.24) is 9.88 Å². The van der Waals surface area contributed by atoms with Crippen LogP contribution >= 0.6 is 23.4 Å². The van der Waals surface area contributed by atoms with Gasteiger partial charge in [0.2, 0.25) is 5.91 Å². The largest absolute Gasteiger partial charge is 0.381 e. The molecule has 1 N–H and O–H groups in total. The number of benzene rings is 1. The fourth-order valence-corrected chi connectivity index (χ4v) is 5.92. The second-order valence-corrected chi connectivity index (χ2v) is 10.1. The van der Waals surface area contributed by atoms with E-state index >= 15 is 0 Å². The lowest BCUT2D eigenvalue weighted by atomic mass is 10.1. The number of amides is 1. The number of hydrogen-bond donors (Lipinski definition) is 1. The van der Waals surface area contributed by atoms with Crippen molar-refractivity contribution in [3.8, 4) is 0 Å². The van der Waals surface area contributed by atoms with Crippen LogP contribution in [0.25, 0.3) is 10.9 Å². The van der Waals surface area contributed by atoms with E-state index in [4.69, 9.17) is 26.1 Å². The van der Waals surface area contributed by atoms with Crippen LogP contribution in [0.2, 0.25) is 5.02 Å². The van der Waals surface area contributed by atoms with Crippen LogP contribution in [-0.4, -0.2) is 85.2 Å². The van der Waals surface area contributed by atoms with Crippen molar-refractivity contribution in [2.75, 3.05) is 57.2 Å². The Hall–Kier alpha value is -1.74. The minimum atomic E-state index is 0.0183. The minimum absolute atomic E-state index is 0.0183. The Morgan fingerprint density at radius 3 is 2.75 bits per heavy atom. The highest BCUT2D eigenvalue weighted by atomic mass is 35.5. The molecule has 4 heterocycles. The van der Waals surface area contributed by atoms with Gasteiger partial charge in [-0.2, -0.15) is 0 Å². The first-order valence-electron chi connectivity index (χ1n) is 11.3. The summed E-state index contributed by atoms with van der Waals surface area (Å²) < 4.78 is 10.9. The van der Waals surface area contributed by atoms with Crippen LogP contribution in [0.5, 0.6) is 0 Å². The van der Waals surface area contributed by atoms with Gasteiger partial charge in [0.05, 0.1) is 42.6 Å². The van der Waals surface area contributed by atoms with E-state index in [0.29, 0.717) is 38.8 Å². The van der Waals surface area contributed by atoms with Gasteiger partial charge in [0.1, 0.15) is 5.04 Å². The molecule has 0 spiro atoms. The molecular weight excluding hydrogens is 448 g/mol. The lowest BCUT2D eigenvalue weighted by molar-refractivity contribution is -0.135. The van der Waals surface area contributed by atoms with E-state index in [-0.39, 0.29) is 11.9 Å². The summed E-state index contributed by atoms with van der Waals surface area (Å²) in [6.45, 7) is 4.21. The van der Waals surface area contributed by atoms with Gasteiger partial charge in [-0.05, 0) is 31.0 Å². The number of thioether (sulfide) groups is 1. The minimum Gasteiger partial charge on any atom is -0.381 e. The summed E-state index contributed by atoms with van der Waals surface area (Å²) in [6.07, 6.45) is 2.49. The number of morpholine rings is 1. The molecule has 3 aliphatic heterocycles. The van der Waals surface area contributed by atoms with E-state index < -0.39 is 0 Å². The predicted octanol–water partition coefficient (Wildman–Crippen LogP) is 3.55. The van der Waals surface area contributed by atoms with E-state index in [1.54, 1.807) is 11.8 Å². The van der Waals surface area contributed by atoms with Crippen LogP contribution in [0.15, 0.2) is 23.2 Å². The van der Waals surface area contributed by atoms with Crippen molar-refractivity contribution < 1.29 is 14.3 Å². The van der Waals surface area contributed by atoms with Crippen molar-refractivity contribution in [1.29, 1.82) is 0 Å². The summed E-state index contributed by atoms with van der Waals surface area (Å²) >= 11 is 8.19. The molecule has 0 bridgehead atoms. The molecule has 1 amide bonds. The predicted molar refractivity (Wildman–Crippen MR) is 130 cm³/mol. The number of carbonyl (C=O) groups is 1. The van der Waals surface area contributed by atoms with Gasteiger partial charge in [0.25, 0.3) is 0 Å². The number of carbonyl (C=O) groups excluding carboxylic acids is 1. The molecule has 0 unspecified atom stereocenters. The molecule has 7 nitrogen and oxygen atoms in total. The maximum atomic E-state index is 12.6. The summed E-state index contributed by atoms with van der Waals surface area (Å²) in [5.41, 5.74) is 3.18. The molecule has 0 radical (unpaired) electrons. The fourth-order valence-electron chi connectivity index (χ4n) is 4.66. The Labute approximate surface area is 197 Å². The summed E-state index contributed by atoms with van der Waals surface area (Å²) in [6, 6.07) is 6.61. The number of rotatable bonds is 5. The number of anilines is 1. The van der Waals surface area contributed by atoms with E-state index in [9.17, 15) is 4.79 Å². The maximum Gasteiger partial charge on any atom is 0.224 e. The fraction of sp³-hybridized carbons (Fsp3) is 0.565. The highest BCUT2D eigenvalue weighted by Crippen LogP contribution is 2.35. The molecule has 0 aliphatic carbocycles. The molecule has 172 valence electrons. The Morgan fingerprint density at radius 2 is 1.97 bits per heavy atom. The highest BCUT2D eigenvalue weighted by molar-refractivity contribution is 8.14.